The Hall–Kier alpha value is -3.33. The van der Waals surface area contributed by atoms with Crippen LogP contribution < -0.4 is 0 Å². The van der Waals surface area contributed by atoms with Gasteiger partial charge in [-0.2, -0.15) is 0 Å². The van der Waals surface area contributed by atoms with E-state index in [1.54, 1.807) is 72.8 Å². The Labute approximate surface area is 151 Å². The van der Waals surface area contributed by atoms with Crippen LogP contribution in [0.2, 0.25) is 0 Å². The third-order valence-corrected chi connectivity index (χ3v) is 4.98. The van der Waals surface area contributed by atoms with Crippen molar-refractivity contribution in [2.75, 3.05) is 0 Å². The molecule has 0 fully saturated rings. The quantitative estimate of drug-likeness (QED) is 0.526. The summed E-state index contributed by atoms with van der Waals surface area (Å²) in [6.07, 6.45) is -0.173. The number of ketones is 3. The van der Waals surface area contributed by atoms with Crippen LogP contribution in [0.25, 0.3) is 0 Å². The summed E-state index contributed by atoms with van der Waals surface area (Å²) in [5.74, 6) is -0.814. The van der Waals surface area contributed by atoms with E-state index in [0.29, 0.717) is 22.3 Å². The van der Waals surface area contributed by atoms with Crippen molar-refractivity contribution >= 4 is 17.3 Å². The Kier molecular flexibility index (Phi) is 3.85. The van der Waals surface area contributed by atoms with Gasteiger partial charge in [-0.25, -0.2) is 0 Å². The SMILES string of the molecule is O=C(CC1(c2ccccc2)C(=O)c2ccccc2C1=O)c1ccccc1. The van der Waals surface area contributed by atoms with Crippen LogP contribution in [0.4, 0.5) is 0 Å². The third kappa shape index (κ3) is 2.32. The molecule has 0 amide bonds. The van der Waals surface area contributed by atoms with Gasteiger partial charge in [0.25, 0.3) is 0 Å². The van der Waals surface area contributed by atoms with E-state index < -0.39 is 5.41 Å². The van der Waals surface area contributed by atoms with Crippen LogP contribution >= 0.6 is 0 Å². The molecule has 0 aliphatic heterocycles. The number of hydrogen-bond acceptors (Lipinski definition) is 3. The summed E-state index contributed by atoms with van der Waals surface area (Å²) >= 11 is 0. The van der Waals surface area contributed by atoms with Crippen LogP contribution in [0.15, 0.2) is 84.9 Å². The predicted molar refractivity (Wildman–Crippen MR) is 98.6 cm³/mol. The second kappa shape index (κ2) is 6.19. The van der Waals surface area contributed by atoms with Gasteiger partial charge in [-0.1, -0.05) is 84.9 Å². The summed E-state index contributed by atoms with van der Waals surface area (Å²) in [5, 5.41) is 0. The minimum absolute atomic E-state index is 0.173. The Balaban J connectivity index is 1.87. The van der Waals surface area contributed by atoms with Crippen LogP contribution in [0, 0.1) is 0 Å². The standard InChI is InChI=1S/C23H16O3/c24-20(16-9-3-1-4-10-16)15-23(17-11-5-2-6-12-17)21(25)18-13-7-8-14-19(18)22(23)26/h1-14H,15H2. The molecule has 0 heterocycles. The molecule has 1 aliphatic rings. The molecule has 0 N–H and O–H groups in total. The number of benzene rings is 3. The molecule has 4 rings (SSSR count). The lowest BCUT2D eigenvalue weighted by Gasteiger charge is -2.26. The highest BCUT2D eigenvalue weighted by Crippen LogP contribution is 2.42. The number of rotatable bonds is 4. The molecule has 3 nitrogen and oxygen atoms in total. The lowest BCUT2D eigenvalue weighted by molar-refractivity contribution is 0.0740. The molecule has 0 atom stereocenters. The van der Waals surface area contributed by atoms with Crippen molar-refractivity contribution < 1.29 is 14.4 Å². The highest BCUT2D eigenvalue weighted by Gasteiger charge is 2.54. The molecule has 0 radical (unpaired) electrons. The monoisotopic (exact) mass is 340 g/mol. The van der Waals surface area contributed by atoms with Crippen molar-refractivity contribution in [2.45, 2.75) is 11.8 Å². The maximum absolute atomic E-state index is 13.3. The van der Waals surface area contributed by atoms with Gasteiger partial charge in [0.1, 0.15) is 5.41 Å². The summed E-state index contributed by atoms with van der Waals surface area (Å²) in [6.45, 7) is 0. The zero-order chi connectivity index (χ0) is 18.1. The highest BCUT2D eigenvalue weighted by molar-refractivity contribution is 6.34. The molecule has 126 valence electrons. The van der Waals surface area contributed by atoms with E-state index in [4.69, 9.17) is 0 Å². The van der Waals surface area contributed by atoms with Crippen molar-refractivity contribution in [3.05, 3.63) is 107 Å². The zero-order valence-corrected chi connectivity index (χ0v) is 14.0. The fraction of sp³-hybridized carbons (Fsp3) is 0.0870. The fourth-order valence-electron chi connectivity index (χ4n) is 3.66. The molecule has 0 saturated heterocycles. The van der Waals surface area contributed by atoms with Crippen molar-refractivity contribution in [2.24, 2.45) is 0 Å². The number of carbonyl (C=O) groups is 3. The molecule has 0 bridgehead atoms. The number of hydrogen-bond donors (Lipinski definition) is 0. The van der Waals surface area contributed by atoms with Crippen LogP contribution in [0.5, 0.6) is 0 Å². The Morgan fingerprint density at radius 2 is 1.12 bits per heavy atom. The van der Waals surface area contributed by atoms with E-state index in [2.05, 4.69) is 0 Å². The van der Waals surface area contributed by atoms with E-state index in [1.165, 1.54) is 0 Å². The van der Waals surface area contributed by atoms with E-state index in [9.17, 15) is 14.4 Å². The minimum Gasteiger partial charge on any atom is -0.294 e. The van der Waals surface area contributed by atoms with Gasteiger partial charge in [-0.15, -0.1) is 0 Å². The molecule has 3 aromatic carbocycles. The molecule has 0 unspecified atom stereocenters. The van der Waals surface area contributed by atoms with E-state index in [1.807, 2.05) is 12.1 Å². The molecule has 1 aliphatic carbocycles. The Morgan fingerprint density at radius 1 is 0.654 bits per heavy atom. The first-order valence-electron chi connectivity index (χ1n) is 8.47. The Bertz CT molecular complexity index is 969. The van der Waals surface area contributed by atoms with Crippen molar-refractivity contribution in [1.82, 2.24) is 0 Å². The largest absolute Gasteiger partial charge is 0.294 e. The molecule has 26 heavy (non-hydrogen) atoms. The normalized spacial score (nSPS) is 14.9. The number of carbonyl (C=O) groups excluding carboxylic acids is 3. The third-order valence-electron chi connectivity index (χ3n) is 4.98. The predicted octanol–water partition coefficient (Wildman–Crippen LogP) is 4.28. The van der Waals surface area contributed by atoms with Crippen LogP contribution in [-0.2, 0) is 5.41 Å². The molecule has 3 aromatic rings. The van der Waals surface area contributed by atoms with Gasteiger partial charge >= 0.3 is 0 Å². The summed E-state index contributed by atoms with van der Waals surface area (Å²) in [7, 11) is 0. The van der Waals surface area contributed by atoms with E-state index in [-0.39, 0.29) is 23.8 Å². The molecule has 0 spiro atoms. The van der Waals surface area contributed by atoms with E-state index in [0.717, 1.165) is 0 Å². The summed E-state index contributed by atoms with van der Waals surface area (Å²) in [6, 6.07) is 24.5. The van der Waals surface area contributed by atoms with Gasteiger partial charge in [-0.05, 0) is 5.56 Å². The maximum Gasteiger partial charge on any atom is 0.182 e. The molecular formula is C23H16O3. The Morgan fingerprint density at radius 3 is 1.65 bits per heavy atom. The van der Waals surface area contributed by atoms with Gasteiger partial charge < -0.3 is 0 Å². The van der Waals surface area contributed by atoms with Gasteiger partial charge in [0, 0.05) is 23.1 Å². The highest BCUT2D eigenvalue weighted by atomic mass is 16.2. The zero-order valence-electron chi connectivity index (χ0n) is 14.0. The first-order chi connectivity index (χ1) is 12.6. The maximum atomic E-state index is 13.3. The number of fused-ring (bicyclic) bond motifs is 1. The first-order valence-corrected chi connectivity index (χ1v) is 8.47. The van der Waals surface area contributed by atoms with Gasteiger partial charge in [-0.3, -0.25) is 14.4 Å². The topological polar surface area (TPSA) is 51.2 Å². The molecule has 0 aromatic heterocycles. The summed E-state index contributed by atoms with van der Waals surface area (Å²) < 4.78 is 0. The van der Waals surface area contributed by atoms with Crippen molar-refractivity contribution in [1.29, 1.82) is 0 Å². The lowest BCUT2D eigenvalue weighted by atomic mass is 9.71. The van der Waals surface area contributed by atoms with Crippen molar-refractivity contribution in [3.63, 3.8) is 0 Å². The van der Waals surface area contributed by atoms with Crippen molar-refractivity contribution in [3.8, 4) is 0 Å². The van der Waals surface area contributed by atoms with E-state index >= 15 is 0 Å². The summed E-state index contributed by atoms with van der Waals surface area (Å²) in [5.41, 5.74) is 0.358. The number of Topliss-reactive ketones (excluding diaryl/α,β-unsaturated/α-hetero) is 3. The summed E-state index contributed by atoms with van der Waals surface area (Å²) in [4.78, 5) is 39.6. The smallest absolute Gasteiger partial charge is 0.182 e. The second-order valence-corrected chi connectivity index (χ2v) is 6.44. The van der Waals surface area contributed by atoms with Crippen LogP contribution in [-0.4, -0.2) is 17.3 Å². The van der Waals surface area contributed by atoms with Crippen LogP contribution in [0.1, 0.15) is 43.1 Å². The van der Waals surface area contributed by atoms with Crippen LogP contribution in [0.3, 0.4) is 0 Å². The first kappa shape index (κ1) is 16.2. The van der Waals surface area contributed by atoms with Gasteiger partial charge in [0.15, 0.2) is 17.3 Å². The average Bonchev–Trinajstić information content (AvgIpc) is 2.92. The molecule has 3 heteroatoms. The molecular weight excluding hydrogens is 324 g/mol. The second-order valence-electron chi connectivity index (χ2n) is 6.44. The minimum atomic E-state index is -1.49. The molecule has 0 saturated carbocycles. The van der Waals surface area contributed by atoms with Gasteiger partial charge in [0.05, 0.1) is 0 Å². The fourth-order valence-corrected chi connectivity index (χ4v) is 3.66. The lowest BCUT2D eigenvalue weighted by Crippen LogP contribution is -2.40. The van der Waals surface area contributed by atoms with Gasteiger partial charge in [0.2, 0.25) is 0 Å². The average molecular weight is 340 g/mol.